The molecule has 0 bridgehead atoms. The number of hydrogen-bond donors (Lipinski definition) is 1. The van der Waals surface area contributed by atoms with Crippen LogP contribution >= 0.6 is 15.9 Å². The topological polar surface area (TPSA) is 15.3 Å². The highest BCUT2D eigenvalue weighted by Crippen LogP contribution is 2.36. The summed E-state index contributed by atoms with van der Waals surface area (Å²) in [5.74, 6) is 0.927. The summed E-state index contributed by atoms with van der Waals surface area (Å²) in [7, 11) is 0. The second-order valence-corrected chi connectivity index (χ2v) is 8.71. The van der Waals surface area contributed by atoms with E-state index in [9.17, 15) is 0 Å². The Morgan fingerprint density at radius 3 is 2.67 bits per heavy atom. The van der Waals surface area contributed by atoms with Crippen molar-refractivity contribution in [2.45, 2.75) is 52.2 Å². The minimum absolute atomic E-state index is 0.313. The Morgan fingerprint density at radius 1 is 1.29 bits per heavy atom. The monoisotopic (exact) mass is 350 g/mol. The van der Waals surface area contributed by atoms with Gasteiger partial charge < -0.3 is 5.32 Å². The maximum Gasteiger partial charge on any atom is 0.0273 e. The van der Waals surface area contributed by atoms with Gasteiger partial charge >= 0.3 is 0 Å². The van der Waals surface area contributed by atoms with Crippen LogP contribution in [0.2, 0.25) is 0 Å². The predicted octanol–water partition coefficient (Wildman–Crippen LogP) is 4.05. The first-order chi connectivity index (χ1) is 9.93. The average Bonchev–Trinajstić information content (AvgIpc) is 3.21. The van der Waals surface area contributed by atoms with Crippen molar-refractivity contribution < 1.29 is 0 Å². The van der Waals surface area contributed by atoms with Gasteiger partial charge in [0.2, 0.25) is 0 Å². The Hall–Kier alpha value is -0.380. The molecule has 2 aliphatic rings. The second kappa shape index (κ2) is 6.02. The zero-order valence-corrected chi connectivity index (χ0v) is 15.0. The third kappa shape index (κ3) is 3.88. The molecule has 1 heterocycles. The Morgan fingerprint density at radius 2 is 2.05 bits per heavy atom. The number of nitrogens with one attached hydrogen (secondary N) is 1. The van der Waals surface area contributed by atoms with Crippen molar-refractivity contribution in [1.29, 1.82) is 0 Å². The lowest BCUT2D eigenvalue weighted by atomic mass is 9.83. The summed E-state index contributed by atoms with van der Waals surface area (Å²) >= 11 is 3.60. The number of nitrogens with zero attached hydrogens (tertiary/aromatic N) is 1. The molecule has 1 aliphatic carbocycles. The molecule has 2 fully saturated rings. The van der Waals surface area contributed by atoms with Crippen LogP contribution in [0.25, 0.3) is 0 Å². The van der Waals surface area contributed by atoms with Crippen molar-refractivity contribution in [1.82, 2.24) is 10.2 Å². The molecule has 1 aromatic rings. The zero-order valence-electron chi connectivity index (χ0n) is 13.4. The van der Waals surface area contributed by atoms with Gasteiger partial charge in [0, 0.05) is 36.2 Å². The van der Waals surface area contributed by atoms with Crippen molar-refractivity contribution in [3.63, 3.8) is 0 Å². The minimum atomic E-state index is 0.313. The lowest BCUT2D eigenvalue weighted by Gasteiger charge is -2.46. The van der Waals surface area contributed by atoms with Gasteiger partial charge in [0.25, 0.3) is 0 Å². The Kier molecular flexibility index (Phi) is 4.45. The molecule has 2 unspecified atom stereocenters. The summed E-state index contributed by atoms with van der Waals surface area (Å²) in [5, 5.41) is 3.81. The van der Waals surface area contributed by atoms with Gasteiger partial charge in [-0.1, -0.05) is 48.8 Å². The fourth-order valence-electron chi connectivity index (χ4n) is 3.55. The van der Waals surface area contributed by atoms with E-state index in [1.54, 1.807) is 0 Å². The van der Waals surface area contributed by atoms with E-state index in [4.69, 9.17) is 0 Å². The summed E-state index contributed by atoms with van der Waals surface area (Å²) in [6, 6.07) is 10.1. The molecule has 1 saturated carbocycles. The highest BCUT2D eigenvalue weighted by atomic mass is 79.9. The molecule has 2 nitrogen and oxygen atoms in total. The summed E-state index contributed by atoms with van der Waals surface area (Å²) in [6.45, 7) is 10.5. The van der Waals surface area contributed by atoms with Crippen LogP contribution in [-0.2, 0) is 6.54 Å². The van der Waals surface area contributed by atoms with Gasteiger partial charge in [-0.15, -0.1) is 0 Å². The summed E-state index contributed by atoms with van der Waals surface area (Å²) in [4.78, 5) is 2.71. The van der Waals surface area contributed by atoms with Crippen LogP contribution in [0.1, 0.15) is 39.2 Å². The lowest BCUT2D eigenvalue weighted by molar-refractivity contribution is 0.0449. The molecular weight excluding hydrogens is 324 g/mol. The van der Waals surface area contributed by atoms with Crippen molar-refractivity contribution in [3.8, 4) is 0 Å². The summed E-state index contributed by atoms with van der Waals surface area (Å²) in [6.07, 6.45) is 2.84. The van der Waals surface area contributed by atoms with Gasteiger partial charge in [-0.05, 0) is 41.9 Å². The van der Waals surface area contributed by atoms with Crippen molar-refractivity contribution >= 4 is 15.9 Å². The number of benzene rings is 1. The minimum Gasteiger partial charge on any atom is -0.311 e. The van der Waals surface area contributed by atoms with E-state index in [-0.39, 0.29) is 0 Å². The molecule has 1 aliphatic heterocycles. The Bertz CT molecular complexity index is 490. The SMILES string of the molecule is CC(C)(C)C1CNC(C2CC2)CN1Cc1cccc(Br)c1. The molecule has 0 amide bonds. The van der Waals surface area contributed by atoms with E-state index in [1.807, 2.05) is 0 Å². The normalized spacial score (nSPS) is 27.8. The quantitative estimate of drug-likeness (QED) is 0.884. The first-order valence-corrected chi connectivity index (χ1v) is 8.94. The van der Waals surface area contributed by atoms with Crippen molar-refractivity contribution in [3.05, 3.63) is 34.3 Å². The van der Waals surface area contributed by atoms with Gasteiger partial charge in [-0.25, -0.2) is 0 Å². The largest absolute Gasteiger partial charge is 0.311 e. The molecule has 3 heteroatoms. The number of rotatable bonds is 3. The molecular formula is C18H27BrN2. The van der Waals surface area contributed by atoms with Gasteiger partial charge in [0.05, 0.1) is 0 Å². The summed E-state index contributed by atoms with van der Waals surface area (Å²) < 4.78 is 1.18. The highest BCUT2D eigenvalue weighted by Gasteiger charge is 2.40. The van der Waals surface area contributed by atoms with Gasteiger partial charge in [0.1, 0.15) is 0 Å². The third-order valence-corrected chi connectivity index (χ3v) is 5.40. The highest BCUT2D eigenvalue weighted by molar-refractivity contribution is 9.10. The molecule has 1 N–H and O–H groups in total. The Labute approximate surface area is 137 Å². The molecule has 116 valence electrons. The number of hydrogen-bond acceptors (Lipinski definition) is 2. The molecule has 0 radical (unpaired) electrons. The summed E-state index contributed by atoms with van der Waals surface area (Å²) in [5.41, 5.74) is 1.73. The molecule has 1 saturated heterocycles. The van der Waals surface area contributed by atoms with Gasteiger partial charge in [-0.3, -0.25) is 4.90 Å². The van der Waals surface area contributed by atoms with Gasteiger partial charge in [-0.2, -0.15) is 0 Å². The second-order valence-electron chi connectivity index (χ2n) is 7.79. The fraction of sp³-hybridized carbons (Fsp3) is 0.667. The van der Waals surface area contributed by atoms with Crippen LogP contribution < -0.4 is 5.32 Å². The van der Waals surface area contributed by atoms with Crippen molar-refractivity contribution in [2.24, 2.45) is 11.3 Å². The fourth-order valence-corrected chi connectivity index (χ4v) is 4.00. The number of halogens is 1. The van der Waals surface area contributed by atoms with Gasteiger partial charge in [0.15, 0.2) is 0 Å². The predicted molar refractivity (Wildman–Crippen MR) is 92.3 cm³/mol. The van der Waals surface area contributed by atoms with Crippen LogP contribution in [-0.4, -0.2) is 30.1 Å². The zero-order chi connectivity index (χ0) is 15.0. The van der Waals surface area contributed by atoms with E-state index >= 15 is 0 Å². The average molecular weight is 351 g/mol. The molecule has 3 rings (SSSR count). The maximum atomic E-state index is 3.81. The van der Waals surface area contributed by atoms with E-state index in [0.717, 1.165) is 19.0 Å². The molecule has 0 spiro atoms. The van der Waals surface area contributed by atoms with E-state index in [0.29, 0.717) is 17.5 Å². The van der Waals surface area contributed by atoms with E-state index in [2.05, 4.69) is 71.2 Å². The first-order valence-electron chi connectivity index (χ1n) is 8.15. The third-order valence-electron chi connectivity index (χ3n) is 4.91. The first kappa shape index (κ1) is 15.5. The van der Waals surface area contributed by atoms with Crippen molar-refractivity contribution in [2.75, 3.05) is 13.1 Å². The van der Waals surface area contributed by atoms with E-state index < -0.39 is 0 Å². The van der Waals surface area contributed by atoms with E-state index in [1.165, 1.54) is 29.4 Å². The lowest BCUT2D eigenvalue weighted by Crippen LogP contribution is -2.60. The van der Waals surface area contributed by atoms with Crippen LogP contribution in [0, 0.1) is 11.3 Å². The number of piperazine rings is 1. The molecule has 2 atom stereocenters. The smallest absolute Gasteiger partial charge is 0.0273 e. The Balaban J connectivity index is 1.75. The van der Waals surface area contributed by atoms with Crippen LogP contribution in [0.5, 0.6) is 0 Å². The van der Waals surface area contributed by atoms with Crippen LogP contribution in [0.15, 0.2) is 28.7 Å². The van der Waals surface area contributed by atoms with Crippen LogP contribution in [0.4, 0.5) is 0 Å². The standard InChI is InChI=1S/C18H27BrN2/c1-18(2,3)17-10-20-16(14-7-8-14)12-21(17)11-13-5-4-6-15(19)9-13/h4-6,9,14,16-17,20H,7-8,10-12H2,1-3H3. The van der Waals surface area contributed by atoms with Crippen LogP contribution in [0.3, 0.4) is 0 Å². The molecule has 1 aromatic carbocycles. The maximum absolute atomic E-state index is 3.81. The molecule has 0 aromatic heterocycles. The molecule has 21 heavy (non-hydrogen) atoms.